The van der Waals surface area contributed by atoms with E-state index in [4.69, 9.17) is 4.52 Å². The van der Waals surface area contributed by atoms with Crippen LogP contribution < -0.4 is 0 Å². The SMILES string of the molecule is Cc1cc(-c2noc(-c3ccc(F)cc3)n2)ccc1O. The smallest absolute Gasteiger partial charge is 0.258 e. The zero-order chi connectivity index (χ0) is 14.1. The molecule has 0 saturated heterocycles. The molecule has 0 saturated carbocycles. The molecule has 0 aliphatic rings. The fourth-order valence-corrected chi connectivity index (χ4v) is 1.85. The van der Waals surface area contributed by atoms with Crippen LogP contribution in [0.15, 0.2) is 47.0 Å². The van der Waals surface area contributed by atoms with Crippen LogP contribution in [0.25, 0.3) is 22.8 Å². The van der Waals surface area contributed by atoms with Gasteiger partial charge in [0.1, 0.15) is 11.6 Å². The number of hydrogen-bond donors (Lipinski definition) is 1. The molecule has 0 aliphatic heterocycles. The van der Waals surface area contributed by atoms with Gasteiger partial charge in [0.2, 0.25) is 5.82 Å². The lowest BCUT2D eigenvalue weighted by atomic mass is 10.1. The molecule has 0 aliphatic carbocycles. The van der Waals surface area contributed by atoms with Gasteiger partial charge in [0, 0.05) is 11.1 Å². The van der Waals surface area contributed by atoms with Crippen LogP contribution in [0.1, 0.15) is 5.56 Å². The molecule has 1 heterocycles. The van der Waals surface area contributed by atoms with Crippen LogP contribution in [-0.2, 0) is 0 Å². The molecule has 4 nitrogen and oxygen atoms in total. The molecular weight excluding hydrogens is 259 g/mol. The van der Waals surface area contributed by atoms with Crippen LogP contribution in [0.3, 0.4) is 0 Å². The van der Waals surface area contributed by atoms with E-state index in [0.29, 0.717) is 17.3 Å². The number of nitrogens with zero attached hydrogens (tertiary/aromatic N) is 2. The van der Waals surface area contributed by atoms with Gasteiger partial charge in [0.15, 0.2) is 0 Å². The van der Waals surface area contributed by atoms with Crippen molar-refractivity contribution >= 4 is 0 Å². The molecule has 20 heavy (non-hydrogen) atoms. The number of halogens is 1. The van der Waals surface area contributed by atoms with E-state index in [-0.39, 0.29) is 11.6 Å². The predicted octanol–water partition coefficient (Wildman–Crippen LogP) is 3.56. The van der Waals surface area contributed by atoms with Gasteiger partial charge in [-0.3, -0.25) is 0 Å². The Kier molecular flexibility index (Phi) is 2.95. The van der Waals surface area contributed by atoms with E-state index in [9.17, 15) is 9.50 Å². The maximum atomic E-state index is 12.9. The zero-order valence-corrected chi connectivity index (χ0v) is 10.7. The summed E-state index contributed by atoms with van der Waals surface area (Å²) in [5.41, 5.74) is 2.13. The number of rotatable bonds is 2. The van der Waals surface area contributed by atoms with Gasteiger partial charge in [-0.2, -0.15) is 4.98 Å². The second-order valence-corrected chi connectivity index (χ2v) is 4.43. The monoisotopic (exact) mass is 270 g/mol. The second-order valence-electron chi connectivity index (χ2n) is 4.43. The minimum Gasteiger partial charge on any atom is -0.508 e. The van der Waals surface area contributed by atoms with E-state index in [2.05, 4.69) is 10.1 Å². The predicted molar refractivity (Wildman–Crippen MR) is 71.5 cm³/mol. The summed E-state index contributed by atoms with van der Waals surface area (Å²) in [6.45, 7) is 1.79. The first-order valence-electron chi connectivity index (χ1n) is 6.03. The summed E-state index contributed by atoms with van der Waals surface area (Å²) < 4.78 is 18.0. The van der Waals surface area contributed by atoms with E-state index in [1.54, 1.807) is 37.3 Å². The minimum absolute atomic E-state index is 0.219. The molecule has 5 heteroatoms. The number of hydrogen-bond acceptors (Lipinski definition) is 4. The van der Waals surface area contributed by atoms with E-state index in [0.717, 1.165) is 11.1 Å². The lowest BCUT2D eigenvalue weighted by Gasteiger charge is -1.99. The van der Waals surface area contributed by atoms with Crippen molar-refractivity contribution in [2.45, 2.75) is 6.92 Å². The lowest BCUT2D eigenvalue weighted by molar-refractivity contribution is 0.432. The summed E-state index contributed by atoms with van der Waals surface area (Å²) in [6, 6.07) is 10.9. The largest absolute Gasteiger partial charge is 0.508 e. The summed E-state index contributed by atoms with van der Waals surface area (Å²) >= 11 is 0. The maximum Gasteiger partial charge on any atom is 0.258 e. The molecule has 0 unspecified atom stereocenters. The summed E-state index contributed by atoms with van der Waals surface area (Å²) in [6.07, 6.45) is 0. The molecule has 1 aromatic heterocycles. The van der Waals surface area contributed by atoms with Crippen LogP contribution in [0.4, 0.5) is 4.39 Å². The molecule has 1 N–H and O–H groups in total. The average Bonchev–Trinajstić information content (AvgIpc) is 2.92. The van der Waals surface area contributed by atoms with Crippen LogP contribution in [0.2, 0.25) is 0 Å². The Balaban J connectivity index is 1.97. The van der Waals surface area contributed by atoms with Gasteiger partial charge in [0.05, 0.1) is 0 Å². The highest BCUT2D eigenvalue weighted by Gasteiger charge is 2.11. The Morgan fingerprint density at radius 3 is 2.45 bits per heavy atom. The van der Waals surface area contributed by atoms with Crippen molar-refractivity contribution in [3.8, 4) is 28.6 Å². The molecule has 3 aromatic rings. The molecule has 100 valence electrons. The van der Waals surface area contributed by atoms with Crippen molar-refractivity contribution in [2.75, 3.05) is 0 Å². The number of benzene rings is 2. The molecule has 2 aromatic carbocycles. The zero-order valence-electron chi connectivity index (χ0n) is 10.7. The summed E-state index contributed by atoms with van der Waals surface area (Å²) in [7, 11) is 0. The fourth-order valence-electron chi connectivity index (χ4n) is 1.85. The Morgan fingerprint density at radius 1 is 1.05 bits per heavy atom. The molecule has 0 amide bonds. The van der Waals surface area contributed by atoms with Crippen molar-refractivity contribution in [1.29, 1.82) is 0 Å². The number of phenols is 1. The molecule has 0 spiro atoms. The Bertz CT molecular complexity index is 751. The van der Waals surface area contributed by atoms with Crippen molar-refractivity contribution in [3.05, 3.63) is 53.8 Å². The van der Waals surface area contributed by atoms with E-state index in [1.807, 2.05) is 0 Å². The van der Waals surface area contributed by atoms with Crippen LogP contribution in [0.5, 0.6) is 5.75 Å². The van der Waals surface area contributed by atoms with Gasteiger partial charge in [-0.1, -0.05) is 5.16 Å². The third-order valence-corrected chi connectivity index (χ3v) is 2.97. The highest BCUT2D eigenvalue weighted by atomic mass is 19.1. The Hall–Kier alpha value is -2.69. The van der Waals surface area contributed by atoms with E-state index < -0.39 is 0 Å². The van der Waals surface area contributed by atoms with Crippen molar-refractivity contribution < 1.29 is 14.0 Å². The standard InChI is InChI=1S/C15H11FN2O2/c1-9-8-11(4-7-13(9)19)14-17-15(20-18-14)10-2-5-12(16)6-3-10/h2-8,19H,1H3. The summed E-state index contributed by atoms with van der Waals surface area (Å²) in [5, 5.41) is 13.4. The van der Waals surface area contributed by atoms with E-state index >= 15 is 0 Å². The molecular formula is C15H11FN2O2. The molecule has 0 bridgehead atoms. The van der Waals surface area contributed by atoms with Gasteiger partial charge in [-0.05, 0) is 55.0 Å². The first-order valence-corrected chi connectivity index (χ1v) is 6.03. The summed E-state index contributed by atoms with van der Waals surface area (Å²) in [5.74, 6) is 0.650. The number of aromatic hydroxyl groups is 1. The Labute approximate surface area is 114 Å². The van der Waals surface area contributed by atoms with Gasteiger partial charge >= 0.3 is 0 Å². The fraction of sp³-hybridized carbons (Fsp3) is 0.0667. The molecule has 0 atom stereocenters. The Morgan fingerprint density at radius 2 is 1.75 bits per heavy atom. The van der Waals surface area contributed by atoms with Gasteiger partial charge in [-0.25, -0.2) is 4.39 Å². The minimum atomic E-state index is -0.317. The maximum absolute atomic E-state index is 12.9. The quantitative estimate of drug-likeness (QED) is 0.773. The number of aryl methyl sites for hydroxylation is 1. The van der Waals surface area contributed by atoms with Crippen LogP contribution >= 0.6 is 0 Å². The third kappa shape index (κ3) is 2.25. The van der Waals surface area contributed by atoms with Crippen LogP contribution in [0, 0.1) is 12.7 Å². The first kappa shape index (κ1) is 12.3. The number of phenolic OH excluding ortho intramolecular Hbond substituents is 1. The second kappa shape index (κ2) is 4.77. The topological polar surface area (TPSA) is 59.2 Å². The van der Waals surface area contributed by atoms with Gasteiger partial charge in [0.25, 0.3) is 5.89 Å². The average molecular weight is 270 g/mol. The first-order chi connectivity index (χ1) is 9.63. The van der Waals surface area contributed by atoms with Gasteiger partial charge in [-0.15, -0.1) is 0 Å². The lowest BCUT2D eigenvalue weighted by Crippen LogP contribution is -1.83. The number of aromatic nitrogens is 2. The highest BCUT2D eigenvalue weighted by molar-refractivity contribution is 5.61. The van der Waals surface area contributed by atoms with Crippen LogP contribution in [-0.4, -0.2) is 15.2 Å². The van der Waals surface area contributed by atoms with E-state index in [1.165, 1.54) is 12.1 Å². The van der Waals surface area contributed by atoms with Crippen molar-refractivity contribution in [1.82, 2.24) is 10.1 Å². The molecule has 0 radical (unpaired) electrons. The van der Waals surface area contributed by atoms with Gasteiger partial charge < -0.3 is 9.63 Å². The van der Waals surface area contributed by atoms with Crippen molar-refractivity contribution in [3.63, 3.8) is 0 Å². The molecule has 0 fully saturated rings. The highest BCUT2D eigenvalue weighted by Crippen LogP contribution is 2.25. The van der Waals surface area contributed by atoms with Crippen molar-refractivity contribution in [2.24, 2.45) is 0 Å². The molecule has 3 rings (SSSR count). The normalized spacial score (nSPS) is 10.7. The third-order valence-electron chi connectivity index (χ3n) is 2.97. The summed E-state index contributed by atoms with van der Waals surface area (Å²) in [4.78, 5) is 4.27.